The lowest BCUT2D eigenvalue weighted by molar-refractivity contribution is -0.123. The van der Waals surface area contributed by atoms with Crippen LogP contribution in [0.3, 0.4) is 0 Å². The Morgan fingerprint density at radius 3 is 2.24 bits per heavy atom. The molecule has 0 aromatic heterocycles. The number of nitrogens with one attached hydrogen (secondary N) is 1. The number of halogens is 2. The van der Waals surface area contributed by atoms with Crippen LogP contribution in [0.25, 0.3) is 0 Å². The monoisotopic (exact) mass is 458 g/mol. The van der Waals surface area contributed by atoms with E-state index in [2.05, 4.69) is 5.32 Å². The molecule has 6 nitrogen and oxygen atoms in total. The molecule has 0 spiro atoms. The lowest BCUT2D eigenvalue weighted by Crippen LogP contribution is -2.33. The van der Waals surface area contributed by atoms with Crippen molar-refractivity contribution in [2.75, 3.05) is 19.7 Å². The van der Waals surface area contributed by atoms with Gasteiger partial charge >= 0.3 is 0 Å². The van der Waals surface area contributed by atoms with E-state index in [0.717, 1.165) is 5.56 Å². The van der Waals surface area contributed by atoms with Gasteiger partial charge in [0, 0.05) is 23.1 Å². The number of amides is 1. The van der Waals surface area contributed by atoms with Crippen LogP contribution < -0.4 is 10.1 Å². The number of rotatable bonds is 9. The van der Waals surface area contributed by atoms with Crippen molar-refractivity contribution in [1.29, 1.82) is 0 Å². The highest BCUT2D eigenvalue weighted by Crippen LogP contribution is 2.30. The molecule has 0 saturated carbocycles. The Morgan fingerprint density at radius 1 is 1.07 bits per heavy atom. The predicted octanol–water partition coefficient (Wildman–Crippen LogP) is 4.28. The van der Waals surface area contributed by atoms with Crippen LogP contribution in [0.5, 0.6) is 5.75 Å². The summed E-state index contributed by atoms with van der Waals surface area (Å²) in [6.07, 6.45) is 0. The second kappa shape index (κ2) is 10.3. The number of hydrogen-bond acceptors (Lipinski definition) is 4. The molecule has 1 unspecified atom stereocenters. The first-order valence-electron chi connectivity index (χ1n) is 9.16. The number of benzene rings is 2. The van der Waals surface area contributed by atoms with E-state index in [1.165, 1.54) is 22.5 Å². The molecule has 29 heavy (non-hydrogen) atoms. The summed E-state index contributed by atoms with van der Waals surface area (Å²) in [5.41, 5.74) is 0.888. The van der Waals surface area contributed by atoms with Crippen molar-refractivity contribution in [3.05, 3.63) is 58.1 Å². The van der Waals surface area contributed by atoms with E-state index in [-0.39, 0.29) is 34.2 Å². The number of sulfonamides is 1. The Morgan fingerprint density at radius 2 is 1.66 bits per heavy atom. The number of nitrogens with zero attached hydrogens (tertiary/aromatic N) is 1. The van der Waals surface area contributed by atoms with Crippen LogP contribution in [0.1, 0.15) is 32.4 Å². The average Bonchev–Trinajstić information content (AvgIpc) is 2.68. The summed E-state index contributed by atoms with van der Waals surface area (Å²) in [5.74, 6) is -0.302. The zero-order valence-corrected chi connectivity index (χ0v) is 18.8. The van der Waals surface area contributed by atoms with Crippen LogP contribution >= 0.6 is 23.2 Å². The zero-order chi connectivity index (χ0) is 21.6. The van der Waals surface area contributed by atoms with Gasteiger partial charge in [0.1, 0.15) is 10.6 Å². The third kappa shape index (κ3) is 6.09. The number of ether oxygens (including phenoxy) is 1. The summed E-state index contributed by atoms with van der Waals surface area (Å²) in [4.78, 5) is 12.2. The van der Waals surface area contributed by atoms with Gasteiger partial charge in [-0.2, -0.15) is 4.31 Å². The molecule has 9 heteroatoms. The number of hydrogen-bond donors (Lipinski definition) is 1. The fourth-order valence-electron chi connectivity index (χ4n) is 2.77. The molecule has 158 valence electrons. The summed E-state index contributed by atoms with van der Waals surface area (Å²) >= 11 is 11.9. The van der Waals surface area contributed by atoms with Gasteiger partial charge in [-0.05, 0) is 42.8 Å². The first-order valence-corrected chi connectivity index (χ1v) is 11.4. The molecule has 2 rings (SSSR count). The summed E-state index contributed by atoms with van der Waals surface area (Å²) in [5, 5.41) is 3.69. The minimum absolute atomic E-state index is 0.0627. The summed E-state index contributed by atoms with van der Waals surface area (Å²) < 4.78 is 32.6. The minimum Gasteiger partial charge on any atom is -0.482 e. The van der Waals surface area contributed by atoms with E-state index >= 15 is 0 Å². The highest BCUT2D eigenvalue weighted by molar-refractivity contribution is 7.89. The van der Waals surface area contributed by atoms with Crippen molar-refractivity contribution in [3.8, 4) is 5.75 Å². The lowest BCUT2D eigenvalue weighted by Gasteiger charge is -2.21. The second-order valence-corrected chi connectivity index (χ2v) is 9.09. The maximum absolute atomic E-state index is 12.9. The van der Waals surface area contributed by atoms with Crippen molar-refractivity contribution in [1.82, 2.24) is 9.62 Å². The molecular formula is C20H24Cl2N2O4S. The summed E-state index contributed by atoms with van der Waals surface area (Å²) in [6.45, 7) is 5.61. The summed E-state index contributed by atoms with van der Waals surface area (Å²) in [6, 6.07) is 11.2. The van der Waals surface area contributed by atoms with Gasteiger partial charge in [0.2, 0.25) is 10.0 Å². The van der Waals surface area contributed by atoms with Gasteiger partial charge in [0.25, 0.3) is 5.91 Å². The zero-order valence-electron chi connectivity index (χ0n) is 16.5. The molecule has 1 N–H and O–H groups in total. The van der Waals surface area contributed by atoms with E-state index in [4.69, 9.17) is 27.9 Å². The van der Waals surface area contributed by atoms with Crippen molar-refractivity contribution in [3.63, 3.8) is 0 Å². The molecule has 0 saturated heterocycles. The van der Waals surface area contributed by atoms with Crippen molar-refractivity contribution in [2.45, 2.75) is 31.7 Å². The van der Waals surface area contributed by atoms with Gasteiger partial charge in [-0.15, -0.1) is 0 Å². The SMILES string of the molecule is CCN(CC)S(=O)(=O)c1cc(Cl)ccc1OCC(=O)NC(C)c1ccc(Cl)cc1. The molecule has 1 atom stereocenters. The predicted molar refractivity (Wildman–Crippen MR) is 115 cm³/mol. The van der Waals surface area contributed by atoms with Gasteiger partial charge < -0.3 is 10.1 Å². The molecule has 0 fully saturated rings. The van der Waals surface area contributed by atoms with Crippen LogP contribution in [0.2, 0.25) is 10.0 Å². The average molecular weight is 459 g/mol. The van der Waals surface area contributed by atoms with E-state index in [1.807, 2.05) is 19.1 Å². The quantitative estimate of drug-likeness (QED) is 0.608. The number of carbonyl (C=O) groups excluding carboxylic acids is 1. The molecule has 0 aliphatic rings. The maximum Gasteiger partial charge on any atom is 0.258 e. The summed E-state index contributed by atoms with van der Waals surface area (Å²) in [7, 11) is -3.79. The molecule has 0 heterocycles. The van der Waals surface area contributed by atoms with Gasteiger partial charge in [-0.3, -0.25) is 4.79 Å². The largest absolute Gasteiger partial charge is 0.482 e. The van der Waals surface area contributed by atoms with Crippen LogP contribution in [0, 0.1) is 0 Å². The third-order valence-corrected chi connectivity index (χ3v) is 6.89. The standard InChI is InChI=1S/C20H24Cl2N2O4S/c1-4-24(5-2)29(26,27)19-12-17(22)10-11-18(19)28-13-20(25)23-14(3)15-6-8-16(21)9-7-15/h6-12,14H,4-5,13H2,1-3H3,(H,23,25). The Labute approximate surface area is 181 Å². The molecule has 2 aromatic rings. The fourth-order valence-corrected chi connectivity index (χ4v) is 4.74. The molecule has 2 aromatic carbocycles. The maximum atomic E-state index is 12.9. The van der Waals surface area contributed by atoms with Crippen LogP contribution in [0.15, 0.2) is 47.4 Å². The minimum atomic E-state index is -3.79. The Hall–Kier alpha value is -1.80. The van der Waals surface area contributed by atoms with E-state index < -0.39 is 10.0 Å². The smallest absolute Gasteiger partial charge is 0.258 e. The topological polar surface area (TPSA) is 75.7 Å². The first-order chi connectivity index (χ1) is 13.7. The molecule has 0 aliphatic carbocycles. The van der Waals surface area contributed by atoms with Gasteiger partial charge in [-0.1, -0.05) is 49.2 Å². The molecule has 0 aliphatic heterocycles. The molecule has 1 amide bonds. The van der Waals surface area contributed by atoms with Crippen LogP contribution in [0.4, 0.5) is 0 Å². The normalized spacial score (nSPS) is 12.6. The highest BCUT2D eigenvalue weighted by atomic mass is 35.5. The fraction of sp³-hybridized carbons (Fsp3) is 0.350. The Bertz CT molecular complexity index is 945. The van der Waals surface area contributed by atoms with E-state index in [1.54, 1.807) is 26.0 Å². The van der Waals surface area contributed by atoms with Crippen molar-refractivity contribution >= 4 is 39.1 Å². The molecule has 0 radical (unpaired) electrons. The second-order valence-electron chi connectivity index (χ2n) is 6.31. The highest BCUT2D eigenvalue weighted by Gasteiger charge is 2.26. The lowest BCUT2D eigenvalue weighted by atomic mass is 10.1. The van der Waals surface area contributed by atoms with E-state index in [0.29, 0.717) is 18.1 Å². The Kier molecular flexibility index (Phi) is 8.34. The van der Waals surface area contributed by atoms with Gasteiger partial charge in [0.15, 0.2) is 6.61 Å². The van der Waals surface area contributed by atoms with Crippen molar-refractivity contribution in [2.24, 2.45) is 0 Å². The first kappa shape index (κ1) is 23.5. The molecule has 0 bridgehead atoms. The third-order valence-electron chi connectivity index (χ3n) is 4.34. The Balaban J connectivity index is 2.12. The van der Waals surface area contributed by atoms with Crippen molar-refractivity contribution < 1.29 is 17.9 Å². The van der Waals surface area contributed by atoms with Gasteiger partial charge in [-0.25, -0.2) is 8.42 Å². The van der Waals surface area contributed by atoms with E-state index in [9.17, 15) is 13.2 Å². The van der Waals surface area contributed by atoms with Gasteiger partial charge in [0.05, 0.1) is 6.04 Å². The number of carbonyl (C=O) groups is 1. The van der Waals surface area contributed by atoms with Crippen LogP contribution in [-0.2, 0) is 14.8 Å². The molecular weight excluding hydrogens is 435 g/mol. The van der Waals surface area contributed by atoms with Crippen LogP contribution in [-0.4, -0.2) is 38.3 Å².